The normalized spacial score (nSPS) is 17.6. The van der Waals surface area contributed by atoms with Crippen molar-refractivity contribution in [1.82, 2.24) is 0 Å². The Bertz CT molecular complexity index is 473. The molecule has 0 unspecified atom stereocenters. The first-order valence-corrected chi connectivity index (χ1v) is 8.13. The minimum Gasteiger partial charge on any atom is -0.380 e. The van der Waals surface area contributed by atoms with E-state index in [1.807, 2.05) is 31.3 Å². The molecule has 2 rings (SSSR count). The molecule has 0 aliphatic carbocycles. The van der Waals surface area contributed by atoms with Crippen LogP contribution in [-0.2, 0) is 4.79 Å². The highest BCUT2D eigenvalue weighted by Gasteiger charge is 2.37. The van der Waals surface area contributed by atoms with Crippen molar-refractivity contribution >= 4 is 29.0 Å². The number of carbonyl (C=O) groups is 1. The molecule has 1 aromatic carbocycles. The van der Waals surface area contributed by atoms with Crippen LogP contribution in [0.2, 0.25) is 0 Å². The number of rotatable bonds is 4. The van der Waals surface area contributed by atoms with Crippen LogP contribution >= 0.6 is 11.8 Å². The molecule has 1 aliphatic heterocycles. The van der Waals surface area contributed by atoms with Gasteiger partial charge in [-0.25, -0.2) is 0 Å². The van der Waals surface area contributed by atoms with Gasteiger partial charge in [-0.15, -0.1) is 0 Å². The summed E-state index contributed by atoms with van der Waals surface area (Å²) in [6.45, 7) is 2.98. The topological polar surface area (TPSA) is 52.6 Å². The molecule has 1 amide bonds. The lowest BCUT2D eigenvalue weighted by Gasteiger charge is -2.30. The third-order valence-electron chi connectivity index (χ3n) is 3.76. The molecule has 0 bridgehead atoms. The van der Waals surface area contributed by atoms with Crippen LogP contribution in [0.1, 0.15) is 19.8 Å². The van der Waals surface area contributed by atoms with Gasteiger partial charge in [0.25, 0.3) is 5.91 Å². The predicted molar refractivity (Wildman–Crippen MR) is 85.5 cm³/mol. The van der Waals surface area contributed by atoms with Crippen molar-refractivity contribution in [2.45, 2.75) is 25.4 Å². The van der Waals surface area contributed by atoms with Gasteiger partial charge >= 0.3 is 0 Å². The van der Waals surface area contributed by atoms with Crippen LogP contribution in [0.3, 0.4) is 0 Å². The summed E-state index contributed by atoms with van der Waals surface area (Å²) in [4.78, 5) is 14.4. The van der Waals surface area contributed by atoms with Crippen LogP contribution in [0, 0.1) is 0 Å². The average molecular weight is 294 g/mol. The maximum atomic E-state index is 12.3. The largest absolute Gasteiger partial charge is 0.380 e. The molecule has 20 heavy (non-hydrogen) atoms. The van der Waals surface area contributed by atoms with Crippen LogP contribution in [-0.4, -0.2) is 41.7 Å². The van der Waals surface area contributed by atoms with Crippen molar-refractivity contribution in [3.05, 3.63) is 24.3 Å². The standard InChI is InChI=1S/C15H22N2O2S/c1-3-17(2)13-6-4-5-12(11-13)16-14(18)15(19)7-9-20-10-8-15/h4-6,11,19H,3,7-10H2,1-2H3,(H,16,18). The minimum absolute atomic E-state index is 0.283. The Morgan fingerprint density at radius 3 is 2.80 bits per heavy atom. The second-order valence-electron chi connectivity index (χ2n) is 5.16. The van der Waals surface area contributed by atoms with Gasteiger partial charge in [0.05, 0.1) is 0 Å². The van der Waals surface area contributed by atoms with Crippen LogP contribution in [0.4, 0.5) is 11.4 Å². The molecular formula is C15H22N2O2S. The number of anilines is 2. The number of carbonyl (C=O) groups excluding carboxylic acids is 1. The number of nitrogens with zero attached hydrogens (tertiary/aromatic N) is 1. The fraction of sp³-hybridized carbons (Fsp3) is 0.533. The zero-order chi connectivity index (χ0) is 14.6. The molecule has 0 atom stereocenters. The van der Waals surface area contributed by atoms with E-state index in [0.29, 0.717) is 12.8 Å². The quantitative estimate of drug-likeness (QED) is 0.895. The van der Waals surface area contributed by atoms with Crippen molar-refractivity contribution in [2.75, 3.05) is 35.3 Å². The highest BCUT2D eigenvalue weighted by molar-refractivity contribution is 7.99. The van der Waals surface area contributed by atoms with Crippen LogP contribution in [0.5, 0.6) is 0 Å². The fourth-order valence-corrected chi connectivity index (χ4v) is 3.36. The Kier molecular flexibility index (Phi) is 4.94. The summed E-state index contributed by atoms with van der Waals surface area (Å²) in [5, 5.41) is 13.2. The van der Waals surface area contributed by atoms with Crippen LogP contribution < -0.4 is 10.2 Å². The maximum absolute atomic E-state index is 12.3. The molecule has 0 aromatic heterocycles. The Balaban J connectivity index is 2.07. The molecule has 1 aliphatic rings. The molecule has 110 valence electrons. The highest BCUT2D eigenvalue weighted by atomic mass is 32.2. The molecule has 4 nitrogen and oxygen atoms in total. The Hall–Kier alpha value is -1.20. The second-order valence-corrected chi connectivity index (χ2v) is 6.39. The monoisotopic (exact) mass is 294 g/mol. The highest BCUT2D eigenvalue weighted by Crippen LogP contribution is 2.28. The summed E-state index contributed by atoms with van der Waals surface area (Å²) in [6, 6.07) is 7.71. The molecule has 0 saturated carbocycles. The lowest BCUT2D eigenvalue weighted by atomic mass is 9.95. The van der Waals surface area contributed by atoms with Crippen LogP contribution in [0.25, 0.3) is 0 Å². The van der Waals surface area contributed by atoms with Gasteiger partial charge in [-0.3, -0.25) is 4.79 Å². The lowest BCUT2D eigenvalue weighted by Crippen LogP contribution is -2.45. The molecule has 1 saturated heterocycles. The Labute approximate surface area is 124 Å². The van der Waals surface area contributed by atoms with Crippen LogP contribution in [0.15, 0.2) is 24.3 Å². The van der Waals surface area contributed by atoms with E-state index in [0.717, 1.165) is 29.4 Å². The van der Waals surface area contributed by atoms with E-state index in [4.69, 9.17) is 0 Å². The zero-order valence-corrected chi connectivity index (χ0v) is 12.9. The average Bonchev–Trinajstić information content (AvgIpc) is 2.47. The predicted octanol–water partition coefficient (Wildman–Crippen LogP) is 2.34. The molecule has 1 aromatic rings. The number of thioether (sulfide) groups is 1. The lowest BCUT2D eigenvalue weighted by molar-refractivity contribution is -0.134. The third kappa shape index (κ3) is 3.46. The van der Waals surface area contributed by atoms with Crippen molar-refractivity contribution in [2.24, 2.45) is 0 Å². The summed E-state index contributed by atoms with van der Waals surface area (Å²) in [7, 11) is 2.01. The first kappa shape index (κ1) is 15.2. The van der Waals surface area contributed by atoms with Crippen molar-refractivity contribution in [1.29, 1.82) is 0 Å². The van der Waals surface area contributed by atoms with Gasteiger partial charge in [-0.05, 0) is 49.5 Å². The van der Waals surface area contributed by atoms with E-state index in [1.54, 1.807) is 11.8 Å². The molecule has 0 radical (unpaired) electrons. The molecule has 1 heterocycles. The molecule has 0 spiro atoms. The Morgan fingerprint density at radius 2 is 2.15 bits per heavy atom. The van der Waals surface area contributed by atoms with Gasteiger partial charge in [0.2, 0.25) is 0 Å². The summed E-state index contributed by atoms with van der Waals surface area (Å²) in [6.07, 6.45) is 1.05. The first-order valence-electron chi connectivity index (χ1n) is 6.98. The molecule has 1 fully saturated rings. The van der Waals surface area contributed by atoms with Crippen molar-refractivity contribution in [3.63, 3.8) is 0 Å². The van der Waals surface area contributed by atoms with Gasteiger partial charge < -0.3 is 15.3 Å². The number of amides is 1. The van der Waals surface area contributed by atoms with Gasteiger partial charge in [0, 0.05) is 25.0 Å². The van der Waals surface area contributed by atoms with Gasteiger partial charge in [-0.1, -0.05) is 6.07 Å². The number of hydrogen-bond donors (Lipinski definition) is 2. The Morgan fingerprint density at radius 1 is 1.45 bits per heavy atom. The molecule has 5 heteroatoms. The number of hydrogen-bond acceptors (Lipinski definition) is 4. The number of nitrogens with one attached hydrogen (secondary N) is 1. The van der Waals surface area contributed by atoms with E-state index < -0.39 is 5.60 Å². The fourth-order valence-electron chi connectivity index (χ4n) is 2.19. The zero-order valence-electron chi connectivity index (χ0n) is 12.1. The van der Waals surface area contributed by atoms with E-state index in [2.05, 4.69) is 17.1 Å². The van der Waals surface area contributed by atoms with Crippen molar-refractivity contribution < 1.29 is 9.90 Å². The summed E-state index contributed by atoms with van der Waals surface area (Å²) >= 11 is 1.78. The summed E-state index contributed by atoms with van der Waals surface area (Å²) in [5.41, 5.74) is 0.578. The molecule has 2 N–H and O–H groups in total. The van der Waals surface area contributed by atoms with E-state index in [-0.39, 0.29) is 5.91 Å². The number of benzene rings is 1. The molecular weight excluding hydrogens is 272 g/mol. The van der Waals surface area contributed by atoms with Gasteiger partial charge in [-0.2, -0.15) is 11.8 Å². The summed E-state index contributed by atoms with van der Waals surface area (Å²) in [5.74, 6) is 1.39. The second kappa shape index (κ2) is 6.50. The minimum atomic E-state index is -1.21. The number of aliphatic hydroxyl groups is 1. The smallest absolute Gasteiger partial charge is 0.256 e. The van der Waals surface area contributed by atoms with E-state index in [1.165, 1.54) is 0 Å². The van der Waals surface area contributed by atoms with E-state index >= 15 is 0 Å². The maximum Gasteiger partial charge on any atom is 0.256 e. The SMILES string of the molecule is CCN(C)c1cccc(NC(=O)C2(O)CCSCC2)c1. The summed E-state index contributed by atoms with van der Waals surface area (Å²) < 4.78 is 0. The van der Waals surface area contributed by atoms with Crippen molar-refractivity contribution in [3.8, 4) is 0 Å². The third-order valence-corrected chi connectivity index (χ3v) is 4.75. The first-order chi connectivity index (χ1) is 9.55. The van der Waals surface area contributed by atoms with Gasteiger partial charge in [0.1, 0.15) is 5.60 Å². The van der Waals surface area contributed by atoms with Gasteiger partial charge in [0.15, 0.2) is 0 Å². The van der Waals surface area contributed by atoms with E-state index in [9.17, 15) is 9.90 Å².